The van der Waals surface area contributed by atoms with Crippen molar-refractivity contribution in [2.24, 2.45) is 12.8 Å². The Balaban J connectivity index is 0.00000324. The molecule has 0 aliphatic heterocycles. The molecule has 0 spiro atoms. The van der Waals surface area contributed by atoms with E-state index in [2.05, 4.69) is 10.4 Å². The molecule has 3 N–H and O–H groups in total. The van der Waals surface area contributed by atoms with Gasteiger partial charge in [0.25, 0.3) is 0 Å². The summed E-state index contributed by atoms with van der Waals surface area (Å²) in [6.45, 7) is 7.73. The number of halogens is 1. The fourth-order valence-corrected chi connectivity index (χ4v) is 2.01. The summed E-state index contributed by atoms with van der Waals surface area (Å²) in [5.41, 5.74) is 7.28. The number of carbonyl (C=O) groups excluding carboxylic acids is 1. The van der Waals surface area contributed by atoms with Crippen LogP contribution in [0.25, 0.3) is 0 Å². The van der Waals surface area contributed by atoms with Crippen LogP contribution < -0.4 is 11.1 Å². The van der Waals surface area contributed by atoms with Gasteiger partial charge >= 0.3 is 0 Å². The van der Waals surface area contributed by atoms with Gasteiger partial charge in [-0.2, -0.15) is 5.10 Å². The molecule has 6 heteroatoms. The highest BCUT2D eigenvalue weighted by atomic mass is 35.5. The van der Waals surface area contributed by atoms with Crippen LogP contribution in [0.3, 0.4) is 0 Å². The summed E-state index contributed by atoms with van der Waals surface area (Å²) in [6, 6.07) is -0.0778. The van der Waals surface area contributed by atoms with Crippen molar-refractivity contribution >= 4 is 18.3 Å². The largest absolute Gasteiger partial charge is 0.348 e. The number of aryl methyl sites for hydroxylation is 1. The predicted octanol–water partition coefficient (Wildman–Crippen LogP) is 1.85. The zero-order chi connectivity index (χ0) is 13.9. The van der Waals surface area contributed by atoms with Crippen LogP contribution in [0.15, 0.2) is 6.20 Å². The normalized spacial score (nSPS) is 15.3. The lowest BCUT2D eigenvalue weighted by atomic mass is 9.95. The molecule has 110 valence electrons. The Morgan fingerprint density at radius 1 is 1.63 bits per heavy atom. The van der Waals surface area contributed by atoms with Crippen molar-refractivity contribution in [1.29, 1.82) is 0 Å². The van der Waals surface area contributed by atoms with Gasteiger partial charge < -0.3 is 11.1 Å². The third kappa shape index (κ3) is 4.21. The van der Waals surface area contributed by atoms with Crippen molar-refractivity contribution < 1.29 is 4.79 Å². The Morgan fingerprint density at radius 2 is 2.21 bits per heavy atom. The minimum Gasteiger partial charge on any atom is -0.348 e. The molecule has 2 unspecified atom stereocenters. The molecule has 0 bridgehead atoms. The summed E-state index contributed by atoms with van der Waals surface area (Å²) in [5, 5.41) is 7.14. The van der Waals surface area contributed by atoms with E-state index in [0.29, 0.717) is 6.42 Å². The summed E-state index contributed by atoms with van der Waals surface area (Å²) < 4.78 is 1.80. The molecule has 1 amide bonds. The molecular weight excluding hydrogens is 264 g/mol. The van der Waals surface area contributed by atoms with Crippen molar-refractivity contribution in [3.8, 4) is 0 Å². The first-order chi connectivity index (χ1) is 8.29. The number of amides is 1. The highest BCUT2D eigenvalue weighted by Crippen LogP contribution is 2.18. The van der Waals surface area contributed by atoms with Crippen LogP contribution in [0.4, 0.5) is 0 Å². The number of nitrogens with one attached hydrogen (secondary N) is 1. The van der Waals surface area contributed by atoms with E-state index in [1.54, 1.807) is 17.8 Å². The number of hydrogen-bond acceptors (Lipinski definition) is 3. The summed E-state index contributed by atoms with van der Waals surface area (Å²) >= 11 is 0. The molecule has 1 heterocycles. The van der Waals surface area contributed by atoms with Gasteiger partial charge in [0.1, 0.15) is 0 Å². The number of hydrogen-bond donors (Lipinski definition) is 2. The number of carbonyl (C=O) groups is 1. The monoisotopic (exact) mass is 288 g/mol. The van der Waals surface area contributed by atoms with Gasteiger partial charge in [0.05, 0.1) is 17.8 Å². The van der Waals surface area contributed by atoms with Crippen LogP contribution in [0.1, 0.15) is 50.9 Å². The summed E-state index contributed by atoms with van der Waals surface area (Å²) in [7, 11) is 1.89. The van der Waals surface area contributed by atoms with E-state index < -0.39 is 5.54 Å². The molecule has 5 nitrogen and oxygen atoms in total. The van der Waals surface area contributed by atoms with Gasteiger partial charge in [-0.25, -0.2) is 0 Å². The highest BCUT2D eigenvalue weighted by molar-refractivity contribution is 5.86. The van der Waals surface area contributed by atoms with Crippen LogP contribution in [-0.2, 0) is 11.8 Å². The zero-order valence-electron chi connectivity index (χ0n) is 12.4. The second-order valence-corrected chi connectivity index (χ2v) is 5.17. The van der Waals surface area contributed by atoms with Crippen LogP contribution in [0, 0.1) is 6.92 Å². The van der Waals surface area contributed by atoms with Crippen LogP contribution in [-0.4, -0.2) is 21.2 Å². The molecule has 0 aliphatic carbocycles. The smallest absolute Gasteiger partial charge is 0.240 e. The van der Waals surface area contributed by atoms with Crippen molar-refractivity contribution in [3.63, 3.8) is 0 Å². The first kappa shape index (κ1) is 17.9. The highest BCUT2D eigenvalue weighted by Gasteiger charge is 2.28. The second kappa shape index (κ2) is 6.91. The lowest BCUT2D eigenvalue weighted by Gasteiger charge is -2.25. The Kier molecular flexibility index (Phi) is 6.52. The number of nitrogens with two attached hydrogens (primary N) is 1. The van der Waals surface area contributed by atoms with E-state index in [-0.39, 0.29) is 24.4 Å². The van der Waals surface area contributed by atoms with E-state index in [0.717, 1.165) is 17.7 Å². The van der Waals surface area contributed by atoms with Gasteiger partial charge in [0.2, 0.25) is 5.91 Å². The average Bonchev–Trinajstić information content (AvgIpc) is 2.59. The molecule has 19 heavy (non-hydrogen) atoms. The minimum atomic E-state index is -0.806. The fourth-order valence-electron chi connectivity index (χ4n) is 2.01. The maximum Gasteiger partial charge on any atom is 0.240 e. The third-order valence-corrected chi connectivity index (χ3v) is 3.38. The molecule has 0 saturated carbocycles. The molecule has 0 saturated heterocycles. The standard InChI is InChI=1S/C13H24N4O.ClH/c1-6-7-13(4,14)12(18)16-9(2)11-8-15-17(5)10(11)3;/h8-9H,6-7,14H2,1-5H3,(H,16,18);1H. The molecule has 1 aromatic heterocycles. The Labute approximate surface area is 121 Å². The van der Waals surface area contributed by atoms with Crippen LogP contribution >= 0.6 is 12.4 Å². The Bertz CT molecular complexity index is 428. The summed E-state index contributed by atoms with van der Waals surface area (Å²) in [5.74, 6) is -0.111. The van der Waals surface area contributed by atoms with Gasteiger partial charge in [-0.05, 0) is 27.2 Å². The van der Waals surface area contributed by atoms with E-state index in [4.69, 9.17) is 5.73 Å². The van der Waals surface area contributed by atoms with Crippen LogP contribution in [0.5, 0.6) is 0 Å². The lowest BCUT2D eigenvalue weighted by molar-refractivity contribution is -0.126. The molecule has 0 aliphatic rings. The molecular formula is C13H25ClN4O. The topological polar surface area (TPSA) is 72.9 Å². The SMILES string of the molecule is CCCC(C)(N)C(=O)NC(C)c1cnn(C)c1C.Cl. The number of aromatic nitrogens is 2. The minimum absolute atomic E-state index is 0. The number of nitrogens with zero attached hydrogens (tertiary/aromatic N) is 2. The first-order valence-electron chi connectivity index (χ1n) is 6.38. The van der Waals surface area contributed by atoms with E-state index in [9.17, 15) is 4.79 Å². The van der Waals surface area contributed by atoms with Crippen molar-refractivity contribution in [3.05, 3.63) is 17.5 Å². The van der Waals surface area contributed by atoms with Crippen LogP contribution in [0.2, 0.25) is 0 Å². The Morgan fingerprint density at radius 3 is 2.63 bits per heavy atom. The summed E-state index contributed by atoms with van der Waals surface area (Å²) in [6.07, 6.45) is 3.35. The van der Waals surface area contributed by atoms with E-state index >= 15 is 0 Å². The quantitative estimate of drug-likeness (QED) is 0.868. The van der Waals surface area contributed by atoms with Gasteiger partial charge in [0, 0.05) is 18.3 Å². The predicted molar refractivity (Wildman–Crippen MR) is 79.3 cm³/mol. The van der Waals surface area contributed by atoms with Gasteiger partial charge in [-0.3, -0.25) is 9.48 Å². The van der Waals surface area contributed by atoms with E-state index in [1.807, 2.05) is 27.8 Å². The molecule has 1 aromatic rings. The zero-order valence-corrected chi connectivity index (χ0v) is 13.2. The first-order valence-corrected chi connectivity index (χ1v) is 6.38. The molecule has 1 rings (SSSR count). The average molecular weight is 289 g/mol. The van der Waals surface area contributed by atoms with Gasteiger partial charge in [-0.1, -0.05) is 13.3 Å². The Hall–Kier alpha value is -1.07. The molecule has 0 fully saturated rings. The summed E-state index contributed by atoms with van der Waals surface area (Å²) in [4.78, 5) is 12.1. The third-order valence-electron chi connectivity index (χ3n) is 3.38. The van der Waals surface area contributed by atoms with Crippen molar-refractivity contribution in [2.75, 3.05) is 0 Å². The van der Waals surface area contributed by atoms with Crippen molar-refractivity contribution in [2.45, 2.75) is 52.1 Å². The fraction of sp³-hybridized carbons (Fsp3) is 0.692. The maximum atomic E-state index is 12.1. The van der Waals surface area contributed by atoms with Gasteiger partial charge in [0.15, 0.2) is 0 Å². The number of rotatable bonds is 5. The van der Waals surface area contributed by atoms with Gasteiger partial charge in [-0.15, -0.1) is 12.4 Å². The van der Waals surface area contributed by atoms with Crippen molar-refractivity contribution in [1.82, 2.24) is 15.1 Å². The second-order valence-electron chi connectivity index (χ2n) is 5.17. The molecule has 0 aromatic carbocycles. The maximum absolute atomic E-state index is 12.1. The molecule has 2 atom stereocenters. The van der Waals surface area contributed by atoms with E-state index in [1.165, 1.54) is 0 Å². The lowest BCUT2D eigenvalue weighted by Crippen LogP contribution is -2.52. The molecule has 0 radical (unpaired) electrons.